The smallest absolute Gasteiger partial charge is 0.407 e. The van der Waals surface area contributed by atoms with Crippen LogP contribution in [0, 0.1) is 5.92 Å². The van der Waals surface area contributed by atoms with Gasteiger partial charge in [-0.3, -0.25) is 0 Å². The second-order valence-corrected chi connectivity index (χ2v) is 2.89. The van der Waals surface area contributed by atoms with Crippen molar-refractivity contribution in [1.82, 2.24) is 5.32 Å². The fraction of sp³-hybridized carbons (Fsp3) is 0.833. The molecule has 1 N–H and O–H groups in total. The summed E-state index contributed by atoms with van der Waals surface area (Å²) >= 11 is 0. The molecule has 1 amide bonds. The largest absolute Gasteiger partial charge is 0.443 e. The minimum Gasteiger partial charge on any atom is -0.443 e. The summed E-state index contributed by atoms with van der Waals surface area (Å²) in [5.74, 6) is -3.65. The fourth-order valence-electron chi connectivity index (χ4n) is 1.20. The van der Waals surface area contributed by atoms with Crippen LogP contribution in [0.4, 0.5) is 31.1 Å². The summed E-state index contributed by atoms with van der Waals surface area (Å²) in [6, 6.07) is 0. The summed E-state index contributed by atoms with van der Waals surface area (Å²) in [6.07, 6.45) is -14.5. The van der Waals surface area contributed by atoms with E-state index < -0.39 is 37.0 Å². The SMILES string of the molecule is O=C1NCC(C(C(F)(F)F)C(F)(F)F)O1. The lowest BCUT2D eigenvalue weighted by Gasteiger charge is -2.26. The van der Waals surface area contributed by atoms with Gasteiger partial charge in [0.2, 0.25) is 0 Å². The summed E-state index contributed by atoms with van der Waals surface area (Å²) < 4.78 is 76.2. The first kappa shape index (κ1) is 11.9. The molecule has 0 aromatic carbocycles. The first-order valence-corrected chi connectivity index (χ1v) is 3.70. The molecule has 3 nitrogen and oxygen atoms in total. The summed E-state index contributed by atoms with van der Waals surface area (Å²) in [7, 11) is 0. The monoisotopic (exact) mass is 237 g/mol. The van der Waals surface area contributed by atoms with Crippen molar-refractivity contribution in [2.75, 3.05) is 6.54 Å². The molecule has 0 radical (unpaired) electrons. The number of rotatable bonds is 1. The van der Waals surface area contributed by atoms with E-state index in [1.165, 1.54) is 0 Å². The zero-order valence-electron chi connectivity index (χ0n) is 6.95. The van der Waals surface area contributed by atoms with E-state index in [1.54, 1.807) is 5.32 Å². The van der Waals surface area contributed by atoms with E-state index in [-0.39, 0.29) is 0 Å². The normalized spacial score (nSPS) is 22.9. The second-order valence-electron chi connectivity index (χ2n) is 2.89. The van der Waals surface area contributed by atoms with E-state index in [0.29, 0.717) is 0 Å². The van der Waals surface area contributed by atoms with Gasteiger partial charge >= 0.3 is 18.4 Å². The van der Waals surface area contributed by atoms with E-state index in [9.17, 15) is 31.1 Å². The molecule has 15 heavy (non-hydrogen) atoms. The molecule has 1 aliphatic heterocycles. The molecule has 1 unspecified atom stereocenters. The van der Waals surface area contributed by atoms with E-state index in [2.05, 4.69) is 4.74 Å². The van der Waals surface area contributed by atoms with Crippen molar-refractivity contribution in [3.63, 3.8) is 0 Å². The molecule has 0 aromatic heterocycles. The summed E-state index contributed by atoms with van der Waals surface area (Å²) in [5, 5.41) is 1.73. The first-order chi connectivity index (χ1) is 6.62. The Morgan fingerprint density at radius 3 is 1.93 bits per heavy atom. The number of amides is 1. The topological polar surface area (TPSA) is 38.3 Å². The number of alkyl halides is 6. The van der Waals surface area contributed by atoms with E-state index in [0.717, 1.165) is 0 Å². The van der Waals surface area contributed by atoms with Crippen LogP contribution in [0.15, 0.2) is 0 Å². The predicted molar refractivity (Wildman–Crippen MR) is 33.9 cm³/mol. The molecule has 1 fully saturated rings. The highest BCUT2D eigenvalue weighted by molar-refractivity contribution is 5.69. The number of cyclic esters (lactones) is 1. The lowest BCUT2D eigenvalue weighted by molar-refractivity contribution is -0.302. The fourth-order valence-corrected chi connectivity index (χ4v) is 1.20. The lowest BCUT2D eigenvalue weighted by Crippen LogP contribution is -2.46. The highest BCUT2D eigenvalue weighted by Crippen LogP contribution is 2.42. The van der Waals surface area contributed by atoms with E-state index in [4.69, 9.17) is 0 Å². The van der Waals surface area contributed by atoms with Gasteiger partial charge in [-0.25, -0.2) is 4.79 Å². The Kier molecular flexibility index (Phi) is 2.75. The minimum atomic E-state index is -5.49. The van der Waals surface area contributed by atoms with Gasteiger partial charge in [0.1, 0.15) is 6.10 Å². The molecule has 0 spiro atoms. The van der Waals surface area contributed by atoms with Crippen LogP contribution >= 0.6 is 0 Å². The molecule has 1 atom stereocenters. The van der Waals surface area contributed by atoms with Crippen LogP contribution in [-0.4, -0.2) is 31.1 Å². The molecular weight excluding hydrogens is 232 g/mol. The Bertz CT molecular complexity index is 245. The zero-order chi connectivity index (χ0) is 11.9. The average molecular weight is 237 g/mol. The number of hydrogen-bond acceptors (Lipinski definition) is 2. The maximum absolute atomic E-state index is 12.1. The maximum Gasteiger partial charge on any atom is 0.407 e. The molecule has 0 aromatic rings. The van der Waals surface area contributed by atoms with Crippen LogP contribution in [0.2, 0.25) is 0 Å². The number of nitrogens with one attached hydrogen (secondary N) is 1. The van der Waals surface area contributed by atoms with Gasteiger partial charge in [0.05, 0.1) is 6.54 Å². The third kappa shape index (κ3) is 2.66. The molecular formula is C6H5F6NO2. The van der Waals surface area contributed by atoms with Gasteiger partial charge in [-0.15, -0.1) is 0 Å². The van der Waals surface area contributed by atoms with Gasteiger partial charge in [-0.1, -0.05) is 0 Å². The third-order valence-corrected chi connectivity index (χ3v) is 1.78. The zero-order valence-corrected chi connectivity index (χ0v) is 6.95. The number of halogens is 6. The van der Waals surface area contributed by atoms with Crippen molar-refractivity contribution >= 4 is 6.09 Å². The highest BCUT2D eigenvalue weighted by atomic mass is 19.4. The number of hydrogen-bond donors (Lipinski definition) is 1. The Hall–Kier alpha value is -1.15. The number of ether oxygens (including phenoxy) is 1. The van der Waals surface area contributed by atoms with Crippen LogP contribution in [0.3, 0.4) is 0 Å². The molecule has 0 saturated carbocycles. The van der Waals surface area contributed by atoms with Crippen LogP contribution < -0.4 is 5.32 Å². The van der Waals surface area contributed by atoms with Crippen molar-refractivity contribution in [2.45, 2.75) is 18.5 Å². The molecule has 1 rings (SSSR count). The number of carbonyl (C=O) groups excluding carboxylic acids is 1. The van der Waals surface area contributed by atoms with E-state index in [1.807, 2.05) is 0 Å². The minimum absolute atomic E-state index is 0.803. The van der Waals surface area contributed by atoms with Crippen LogP contribution in [0.5, 0.6) is 0 Å². The predicted octanol–water partition coefficient (Wildman–Crippen LogP) is 1.84. The molecule has 88 valence electrons. The van der Waals surface area contributed by atoms with Gasteiger partial charge in [-0.2, -0.15) is 26.3 Å². The van der Waals surface area contributed by atoms with Gasteiger partial charge in [0.25, 0.3) is 0 Å². The van der Waals surface area contributed by atoms with Crippen LogP contribution in [0.1, 0.15) is 0 Å². The highest BCUT2D eigenvalue weighted by Gasteiger charge is 2.62. The average Bonchev–Trinajstić information content (AvgIpc) is 2.28. The molecule has 0 aliphatic carbocycles. The van der Waals surface area contributed by atoms with Gasteiger partial charge in [0.15, 0.2) is 5.92 Å². The molecule has 0 bridgehead atoms. The quantitative estimate of drug-likeness (QED) is 0.706. The second kappa shape index (κ2) is 3.46. The van der Waals surface area contributed by atoms with E-state index >= 15 is 0 Å². The van der Waals surface area contributed by atoms with Crippen molar-refractivity contribution in [2.24, 2.45) is 5.92 Å². The van der Waals surface area contributed by atoms with Crippen molar-refractivity contribution in [3.8, 4) is 0 Å². The summed E-state index contributed by atoms with van der Waals surface area (Å²) in [5.41, 5.74) is 0. The third-order valence-electron chi connectivity index (χ3n) is 1.78. The molecule has 9 heteroatoms. The summed E-state index contributed by atoms with van der Waals surface area (Å²) in [4.78, 5) is 10.3. The Balaban J connectivity index is 2.88. The van der Waals surface area contributed by atoms with Crippen molar-refractivity contribution < 1.29 is 35.9 Å². The van der Waals surface area contributed by atoms with Crippen LogP contribution in [0.25, 0.3) is 0 Å². The van der Waals surface area contributed by atoms with Gasteiger partial charge < -0.3 is 10.1 Å². The first-order valence-electron chi connectivity index (χ1n) is 3.70. The van der Waals surface area contributed by atoms with Gasteiger partial charge in [-0.05, 0) is 0 Å². The van der Waals surface area contributed by atoms with Crippen LogP contribution in [-0.2, 0) is 4.74 Å². The Labute approximate surface area is 79.4 Å². The Morgan fingerprint density at radius 2 is 1.67 bits per heavy atom. The molecule has 1 saturated heterocycles. The van der Waals surface area contributed by atoms with Crippen molar-refractivity contribution in [1.29, 1.82) is 0 Å². The number of carbonyl (C=O) groups is 1. The van der Waals surface area contributed by atoms with Gasteiger partial charge in [0, 0.05) is 0 Å². The standard InChI is InChI=1S/C6H5F6NO2/c7-5(8,9)3(6(10,11)12)2-1-13-4(14)15-2/h2-3H,1H2,(H,13,14). The maximum atomic E-state index is 12.1. The lowest BCUT2D eigenvalue weighted by atomic mass is 10.0. The number of alkyl carbamates (subject to hydrolysis) is 1. The molecule has 1 aliphatic rings. The van der Waals surface area contributed by atoms with Crippen molar-refractivity contribution in [3.05, 3.63) is 0 Å². The Morgan fingerprint density at radius 1 is 1.20 bits per heavy atom. The summed E-state index contributed by atoms with van der Waals surface area (Å²) in [6.45, 7) is -0.803. The molecule has 1 heterocycles.